The van der Waals surface area contributed by atoms with Crippen LogP contribution in [0.1, 0.15) is 54.4 Å². The van der Waals surface area contributed by atoms with Gasteiger partial charge in [-0.25, -0.2) is 4.39 Å². The average molecular weight is 561 g/mol. The molecular formula is C32H41FN6O2. The number of aryl methyl sites for hydroxylation is 1. The molecule has 3 heterocycles. The first kappa shape index (κ1) is 31.3. The maximum atomic E-state index is 15.0. The van der Waals surface area contributed by atoms with Crippen LogP contribution in [0.4, 0.5) is 15.8 Å². The number of nitrogens with zero attached hydrogens (tertiary/aromatic N) is 4. The minimum absolute atomic E-state index is 0.126. The van der Waals surface area contributed by atoms with Crippen LogP contribution in [-0.4, -0.2) is 66.0 Å². The number of hydrogen-bond donors (Lipinski definition) is 2. The number of carbonyl (C=O) groups is 1. The Hall–Kier alpha value is -4.24. The third kappa shape index (κ3) is 7.29. The number of carbonyl (C=O) groups excluding carboxylic acids is 1. The summed E-state index contributed by atoms with van der Waals surface area (Å²) in [5.41, 5.74) is 12.2. The zero-order valence-electron chi connectivity index (χ0n) is 25.1. The van der Waals surface area contributed by atoms with Gasteiger partial charge in [0.15, 0.2) is 0 Å². The van der Waals surface area contributed by atoms with E-state index in [1.54, 1.807) is 50.2 Å². The van der Waals surface area contributed by atoms with Crippen molar-refractivity contribution < 1.29 is 9.18 Å². The molecule has 3 N–H and O–H groups in total. The zero-order valence-corrected chi connectivity index (χ0v) is 25.1. The van der Waals surface area contributed by atoms with Gasteiger partial charge >= 0.3 is 0 Å². The summed E-state index contributed by atoms with van der Waals surface area (Å²) in [5.74, 6) is -0.765. The van der Waals surface area contributed by atoms with Crippen molar-refractivity contribution in [2.45, 2.75) is 34.1 Å². The van der Waals surface area contributed by atoms with E-state index in [1.165, 1.54) is 11.0 Å². The number of hydrogen-bond acceptors (Lipinski definition) is 6. The summed E-state index contributed by atoms with van der Waals surface area (Å²) in [7, 11) is 5.02. The molecule has 4 rings (SSSR count). The molecular weight excluding hydrogens is 519 g/mol. The maximum Gasteiger partial charge on any atom is 0.257 e. The molecule has 0 atom stereocenters. The van der Waals surface area contributed by atoms with Gasteiger partial charge in [0.1, 0.15) is 5.82 Å². The van der Waals surface area contributed by atoms with Crippen LogP contribution in [-0.2, 0) is 0 Å². The van der Waals surface area contributed by atoms with Crippen molar-refractivity contribution in [1.82, 2.24) is 19.4 Å². The normalized spacial score (nSPS) is 13.7. The van der Waals surface area contributed by atoms with Gasteiger partial charge in [-0.2, -0.15) is 0 Å². The SMILES string of the molecule is CC.CNc1ccn(-c2ccnc(C)c2/C=C(\C)CN2CC=C(c3c(N)cc(C(=O)N(C)C)cc3F)CC2)c(=O)c1. The topological polar surface area (TPSA) is 96.5 Å². The van der Waals surface area contributed by atoms with Crippen molar-refractivity contribution in [3.05, 3.63) is 92.9 Å². The van der Waals surface area contributed by atoms with Gasteiger partial charge in [0, 0.05) is 93.0 Å². The fraction of sp³-hybridized carbons (Fsp3) is 0.344. The summed E-state index contributed by atoms with van der Waals surface area (Å²) in [4.78, 5) is 33.1. The molecule has 3 aromatic rings. The van der Waals surface area contributed by atoms with Gasteiger partial charge in [-0.3, -0.25) is 24.0 Å². The Morgan fingerprint density at radius 2 is 1.95 bits per heavy atom. The predicted molar refractivity (Wildman–Crippen MR) is 167 cm³/mol. The number of benzene rings is 1. The quantitative estimate of drug-likeness (QED) is 0.385. The number of aromatic nitrogens is 2. The third-order valence-electron chi connectivity index (χ3n) is 6.89. The van der Waals surface area contributed by atoms with Gasteiger partial charge in [0.25, 0.3) is 11.5 Å². The lowest BCUT2D eigenvalue weighted by atomic mass is 9.95. The summed E-state index contributed by atoms with van der Waals surface area (Å²) in [5, 5.41) is 2.99. The molecule has 1 amide bonds. The molecule has 1 aliphatic rings. The van der Waals surface area contributed by atoms with Gasteiger partial charge in [0.05, 0.1) is 5.69 Å². The number of pyridine rings is 2. The smallest absolute Gasteiger partial charge is 0.257 e. The van der Waals surface area contributed by atoms with E-state index in [4.69, 9.17) is 5.73 Å². The second kappa shape index (κ2) is 13.9. The molecule has 2 aromatic heterocycles. The van der Waals surface area contributed by atoms with Gasteiger partial charge in [-0.15, -0.1) is 0 Å². The van der Waals surface area contributed by atoms with E-state index in [-0.39, 0.29) is 22.7 Å². The highest BCUT2D eigenvalue weighted by Gasteiger charge is 2.21. The predicted octanol–water partition coefficient (Wildman–Crippen LogP) is 5.22. The van der Waals surface area contributed by atoms with Gasteiger partial charge in [-0.05, 0) is 50.1 Å². The fourth-order valence-corrected chi connectivity index (χ4v) is 4.86. The molecule has 0 saturated heterocycles. The first-order valence-corrected chi connectivity index (χ1v) is 13.8. The Morgan fingerprint density at radius 1 is 1.22 bits per heavy atom. The summed E-state index contributed by atoms with van der Waals surface area (Å²) >= 11 is 0. The highest BCUT2D eigenvalue weighted by atomic mass is 19.1. The molecule has 0 saturated carbocycles. The zero-order chi connectivity index (χ0) is 30.3. The number of nitrogens with two attached hydrogens (primary N) is 1. The van der Waals surface area contributed by atoms with Crippen LogP contribution < -0.4 is 16.6 Å². The first-order valence-electron chi connectivity index (χ1n) is 13.8. The Bertz CT molecular complexity index is 1500. The van der Waals surface area contributed by atoms with Crippen LogP contribution in [0.5, 0.6) is 0 Å². The number of nitrogens with one attached hydrogen (secondary N) is 1. The highest BCUT2D eigenvalue weighted by Crippen LogP contribution is 2.31. The van der Waals surface area contributed by atoms with Gasteiger partial charge in [-0.1, -0.05) is 31.6 Å². The molecule has 0 bridgehead atoms. The number of amides is 1. The average Bonchev–Trinajstić information content (AvgIpc) is 2.95. The third-order valence-corrected chi connectivity index (χ3v) is 6.89. The number of halogens is 1. The van der Waals surface area contributed by atoms with Gasteiger partial charge in [0.2, 0.25) is 0 Å². The molecule has 1 aliphatic heterocycles. The Balaban J connectivity index is 0.00000226. The molecule has 218 valence electrons. The first-order chi connectivity index (χ1) is 19.6. The molecule has 0 aliphatic carbocycles. The van der Waals surface area contributed by atoms with Crippen molar-refractivity contribution in [2.24, 2.45) is 0 Å². The van der Waals surface area contributed by atoms with Crippen molar-refractivity contribution in [2.75, 3.05) is 51.8 Å². The molecule has 1 aromatic carbocycles. The fourth-order valence-electron chi connectivity index (χ4n) is 4.86. The Labute approximate surface area is 242 Å². The van der Waals surface area contributed by atoms with Crippen LogP contribution in [0, 0.1) is 12.7 Å². The highest BCUT2D eigenvalue weighted by molar-refractivity contribution is 5.96. The van der Waals surface area contributed by atoms with Crippen LogP contribution in [0.25, 0.3) is 17.3 Å². The molecule has 0 fully saturated rings. The standard InChI is InChI=1S/C30H35FN6O2.C2H6/c1-19(14-24-20(2)34-10-6-27(24)37-13-9-23(33-3)17-28(37)38)18-36-11-7-21(8-12-36)29-25(31)15-22(16-26(29)32)30(39)35(4)5;1-2/h6-7,9-10,13-17,33H,8,11-12,18,32H2,1-5H3;1-2H3/b19-14+;. The summed E-state index contributed by atoms with van der Waals surface area (Å²) in [6, 6.07) is 8.08. The van der Waals surface area contributed by atoms with Crippen LogP contribution >= 0.6 is 0 Å². The van der Waals surface area contributed by atoms with Crippen LogP contribution in [0.15, 0.2) is 59.2 Å². The van der Waals surface area contributed by atoms with Crippen molar-refractivity contribution in [3.63, 3.8) is 0 Å². The van der Waals surface area contributed by atoms with E-state index in [9.17, 15) is 9.59 Å². The van der Waals surface area contributed by atoms with Gasteiger partial charge < -0.3 is 16.0 Å². The summed E-state index contributed by atoms with van der Waals surface area (Å²) < 4.78 is 16.6. The van der Waals surface area contributed by atoms with E-state index in [0.717, 1.165) is 40.3 Å². The molecule has 8 nitrogen and oxygen atoms in total. The van der Waals surface area contributed by atoms with Crippen molar-refractivity contribution in [3.8, 4) is 5.69 Å². The molecule has 9 heteroatoms. The van der Waals surface area contributed by atoms with Crippen LogP contribution in [0.2, 0.25) is 0 Å². The Kier molecular flexibility index (Phi) is 10.6. The number of anilines is 2. The monoisotopic (exact) mass is 560 g/mol. The van der Waals surface area contributed by atoms with E-state index in [2.05, 4.69) is 28.2 Å². The lowest BCUT2D eigenvalue weighted by Crippen LogP contribution is -2.30. The molecule has 0 radical (unpaired) electrons. The summed E-state index contributed by atoms with van der Waals surface area (Å²) in [6.07, 6.45) is 8.19. The minimum atomic E-state index is -0.478. The molecule has 0 spiro atoms. The van der Waals surface area contributed by atoms with Crippen LogP contribution in [0.3, 0.4) is 0 Å². The maximum absolute atomic E-state index is 15.0. The van der Waals surface area contributed by atoms with E-state index in [0.29, 0.717) is 25.1 Å². The second-order valence-corrected chi connectivity index (χ2v) is 10.0. The van der Waals surface area contributed by atoms with E-state index >= 15 is 4.39 Å². The Morgan fingerprint density at radius 3 is 2.54 bits per heavy atom. The van der Waals surface area contributed by atoms with Crippen molar-refractivity contribution in [1.29, 1.82) is 0 Å². The van der Waals surface area contributed by atoms with E-state index < -0.39 is 5.82 Å². The number of rotatable bonds is 7. The molecule has 0 unspecified atom stereocenters. The largest absolute Gasteiger partial charge is 0.398 e. The molecule has 41 heavy (non-hydrogen) atoms. The summed E-state index contributed by atoms with van der Waals surface area (Å²) in [6.45, 7) is 10.1. The van der Waals surface area contributed by atoms with Crippen molar-refractivity contribution >= 4 is 28.9 Å². The second-order valence-electron chi connectivity index (χ2n) is 10.0. The van der Waals surface area contributed by atoms with E-state index in [1.807, 2.05) is 39.0 Å². The lowest BCUT2D eigenvalue weighted by molar-refractivity contribution is 0.0827. The minimum Gasteiger partial charge on any atom is -0.398 e. The lowest BCUT2D eigenvalue weighted by Gasteiger charge is -2.27. The number of nitrogen functional groups attached to an aromatic ring is 1.